The van der Waals surface area contributed by atoms with E-state index < -0.39 is 40.2 Å². The second-order valence-corrected chi connectivity index (χ2v) is 4.00. The number of phenols is 1. The molecular formula is C10H6F3N3O4. The van der Waals surface area contributed by atoms with Gasteiger partial charge < -0.3 is 9.90 Å². The third-order valence-corrected chi connectivity index (χ3v) is 2.77. The number of alkyl halides is 3. The zero-order chi connectivity index (χ0) is 15.1. The van der Waals surface area contributed by atoms with Crippen molar-refractivity contribution in [3.63, 3.8) is 0 Å². The summed E-state index contributed by atoms with van der Waals surface area (Å²) in [5.74, 6) is -0.844. The summed E-state index contributed by atoms with van der Waals surface area (Å²) < 4.78 is 38.5. The zero-order valence-electron chi connectivity index (χ0n) is 9.59. The number of nitro groups is 1. The van der Waals surface area contributed by atoms with Crippen molar-refractivity contribution in [2.24, 2.45) is 10.2 Å². The van der Waals surface area contributed by atoms with Crippen molar-refractivity contribution >= 4 is 12.0 Å². The SMILES string of the molecule is O=CCc1cc(C2(C(F)(F)F)N=N2)cc([N+](=O)[O-])c1O. The van der Waals surface area contributed by atoms with Gasteiger partial charge in [0.1, 0.15) is 6.29 Å². The van der Waals surface area contributed by atoms with Crippen LogP contribution in [0.5, 0.6) is 5.75 Å². The average molecular weight is 289 g/mol. The van der Waals surface area contributed by atoms with Crippen molar-refractivity contribution in [3.05, 3.63) is 33.4 Å². The Balaban J connectivity index is 2.61. The number of aldehydes is 1. The highest BCUT2D eigenvalue weighted by molar-refractivity contribution is 5.63. The number of hydrogen-bond acceptors (Lipinski definition) is 6. The summed E-state index contributed by atoms with van der Waals surface area (Å²) in [4.78, 5) is 20.1. The molecule has 0 aliphatic carbocycles. The molecule has 0 fully saturated rings. The van der Waals surface area contributed by atoms with Gasteiger partial charge in [-0.1, -0.05) is 0 Å². The highest BCUT2D eigenvalue weighted by Crippen LogP contribution is 2.53. The topological polar surface area (TPSA) is 105 Å². The second kappa shape index (κ2) is 4.25. The van der Waals surface area contributed by atoms with E-state index in [4.69, 9.17) is 0 Å². The van der Waals surface area contributed by atoms with E-state index in [1.807, 2.05) is 0 Å². The lowest BCUT2D eigenvalue weighted by atomic mass is 9.97. The van der Waals surface area contributed by atoms with Crippen LogP contribution in [0.1, 0.15) is 11.1 Å². The molecular weight excluding hydrogens is 283 g/mol. The van der Waals surface area contributed by atoms with Gasteiger partial charge >= 0.3 is 17.5 Å². The van der Waals surface area contributed by atoms with Gasteiger partial charge in [0.2, 0.25) is 0 Å². The van der Waals surface area contributed by atoms with Crippen molar-refractivity contribution in [2.75, 3.05) is 0 Å². The quantitative estimate of drug-likeness (QED) is 0.521. The lowest BCUT2D eigenvalue weighted by Crippen LogP contribution is -2.30. The molecule has 7 nitrogen and oxygen atoms in total. The van der Waals surface area contributed by atoms with Crippen LogP contribution in [0.15, 0.2) is 22.4 Å². The largest absolute Gasteiger partial charge is 0.502 e. The number of benzene rings is 1. The summed E-state index contributed by atoms with van der Waals surface area (Å²) in [5.41, 5.74) is -4.67. The van der Waals surface area contributed by atoms with Crippen LogP contribution < -0.4 is 0 Å². The molecule has 0 unspecified atom stereocenters. The molecule has 2 rings (SSSR count). The summed E-state index contributed by atoms with van der Waals surface area (Å²) in [6.07, 6.45) is -5.01. The van der Waals surface area contributed by atoms with E-state index in [-0.39, 0.29) is 5.56 Å². The number of nitro benzene ring substituents is 1. The number of phenolic OH excluding ortho intramolecular Hbond substituents is 1. The molecule has 1 N–H and O–H groups in total. The molecule has 1 aliphatic heterocycles. The van der Waals surface area contributed by atoms with Crippen LogP contribution in [0.2, 0.25) is 0 Å². The number of aromatic hydroxyl groups is 1. The van der Waals surface area contributed by atoms with Crippen LogP contribution in [-0.4, -0.2) is 22.5 Å². The zero-order valence-corrected chi connectivity index (χ0v) is 9.59. The summed E-state index contributed by atoms with van der Waals surface area (Å²) in [5, 5.41) is 26.1. The fraction of sp³-hybridized carbons (Fsp3) is 0.300. The fourth-order valence-electron chi connectivity index (χ4n) is 1.71. The maximum absolute atomic E-state index is 12.8. The minimum atomic E-state index is -4.85. The standard InChI is InChI=1S/C10H6F3N3O4/c11-10(12,13)9(14-15-9)6-3-5(1-2-17)8(18)7(4-6)16(19)20/h2-4,18H,1H2. The van der Waals surface area contributed by atoms with Gasteiger partial charge in [-0.3, -0.25) is 10.1 Å². The first-order chi connectivity index (χ1) is 9.23. The maximum atomic E-state index is 12.8. The number of carbonyl (C=O) groups is 1. The molecule has 1 aromatic carbocycles. The second-order valence-electron chi connectivity index (χ2n) is 4.00. The molecule has 0 amide bonds. The molecule has 106 valence electrons. The van der Waals surface area contributed by atoms with E-state index in [0.29, 0.717) is 12.4 Å². The van der Waals surface area contributed by atoms with E-state index >= 15 is 0 Å². The molecule has 0 saturated carbocycles. The van der Waals surface area contributed by atoms with Crippen molar-refractivity contribution in [3.8, 4) is 5.75 Å². The molecule has 1 heterocycles. The number of carbonyl (C=O) groups excluding carboxylic acids is 1. The highest BCUT2D eigenvalue weighted by Gasteiger charge is 2.65. The van der Waals surface area contributed by atoms with Crippen LogP contribution in [0, 0.1) is 10.1 Å². The van der Waals surface area contributed by atoms with Gasteiger partial charge in [0.05, 0.1) is 4.92 Å². The molecule has 0 bridgehead atoms. The fourth-order valence-corrected chi connectivity index (χ4v) is 1.71. The Morgan fingerprint density at radius 2 is 2.00 bits per heavy atom. The summed E-state index contributed by atoms with van der Waals surface area (Å²) in [7, 11) is 0. The molecule has 1 aliphatic rings. The van der Waals surface area contributed by atoms with E-state index in [2.05, 4.69) is 10.2 Å². The van der Waals surface area contributed by atoms with Crippen LogP contribution in [0.4, 0.5) is 18.9 Å². The smallest absolute Gasteiger partial charge is 0.442 e. The lowest BCUT2D eigenvalue weighted by molar-refractivity contribution is -0.386. The van der Waals surface area contributed by atoms with E-state index in [0.717, 1.165) is 6.07 Å². The van der Waals surface area contributed by atoms with Crippen molar-refractivity contribution in [2.45, 2.75) is 18.3 Å². The molecule has 0 aromatic heterocycles. The van der Waals surface area contributed by atoms with Crippen LogP contribution in [-0.2, 0) is 16.9 Å². The van der Waals surface area contributed by atoms with Crippen molar-refractivity contribution in [1.29, 1.82) is 0 Å². The van der Waals surface area contributed by atoms with Gasteiger partial charge in [0.25, 0.3) is 0 Å². The molecule has 0 radical (unpaired) electrons. The predicted molar refractivity (Wildman–Crippen MR) is 57.1 cm³/mol. The van der Waals surface area contributed by atoms with E-state index in [9.17, 15) is 33.2 Å². The van der Waals surface area contributed by atoms with E-state index in [1.54, 1.807) is 0 Å². The Labute approximate surface area is 108 Å². The van der Waals surface area contributed by atoms with E-state index in [1.165, 1.54) is 0 Å². The van der Waals surface area contributed by atoms with Crippen molar-refractivity contribution < 1.29 is 28.0 Å². The Bertz CT molecular complexity index is 621. The van der Waals surface area contributed by atoms with Gasteiger partial charge in [-0.05, 0) is 6.07 Å². The number of rotatable bonds is 4. The molecule has 0 saturated heterocycles. The predicted octanol–water partition coefficient (Wildman–Crippen LogP) is 2.22. The molecule has 0 atom stereocenters. The first-order valence-corrected chi connectivity index (χ1v) is 5.18. The summed E-state index contributed by atoms with van der Waals surface area (Å²) in [6.45, 7) is 0. The monoisotopic (exact) mass is 289 g/mol. The van der Waals surface area contributed by atoms with Gasteiger partial charge in [0, 0.05) is 23.6 Å². The number of halogens is 3. The first-order valence-electron chi connectivity index (χ1n) is 5.18. The molecule has 0 spiro atoms. The van der Waals surface area contributed by atoms with Gasteiger partial charge in [-0.15, -0.1) is 10.2 Å². The minimum absolute atomic E-state index is 0.287. The third-order valence-electron chi connectivity index (χ3n) is 2.77. The van der Waals surface area contributed by atoms with Gasteiger partial charge in [0.15, 0.2) is 5.75 Å². The van der Waals surface area contributed by atoms with Gasteiger partial charge in [-0.2, -0.15) is 13.2 Å². The number of nitrogens with zero attached hydrogens (tertiary/aromatic N) is 3. The third kappa shape index (κ3) is 1.98. The Morgan fingerprint density at radius 1 is 1.40 bits per heavy atom. The Hall–Kier alpha value is -2.52. The number of hydrogen-bond donors (Lipinski definition) is 1. The normalized spacial score (nSPS) is 15.9. The van der Waals surface area contributed by atoms with Crippen LogP contribution in [0.25, 0.3) is 0 Å². The van der Waals surface area contributed by atoms with Crippen LogP contribution >= 0.6 is 0 Å². The Kier molecular flexibility index (Phi) is 2.95. The Morgan fingerprint density at radius 3 is 2.40 bits per heavy atom. The maximum Gasteiger partial charge on any atom is 0.442 e. The molecule has 1 aromatic rings. The molecule has 10 heteroatoms. The summed E-state index contributed by atoms with van der Waals surface area (Å²) >= 11 is 0. The van der Waals surface area contributed by atoms with Crippen molar-refractivity contribution in [1.82, 2.24) is 0 Å². The lowest BCUT2D eigenvalue weighted by Gasteiger charge is -2.15. The molecule has 20 heavy (non-hydrogen) atoms. The summed E-state index contributed by atoms with van der Waals surface area (Å²) in [6, 6.07) is 1.39. The first kappa shape index (κ1) is 13.9. The van der Waals surface area contributed by atoms with Gasteiger partial charge in [-0.25, -0.2) is 0 Å². The average Bonchev–Trinajstić information content (AvgIpc) is 3.12. The van der Waals surface area contributed by atoms with Crippen LogP contribution in [0.3, 0.4) is 0 Å². The highest BCUT2D eigenvalue weighted by atomic mass is 19.4. The minimum Gasteiger partial charge on any atom is -0.502 e.